The normalized spacial score (nSPS) is 10.2. The Balaban J connectivity index is 2.03. The van der Waals surface area contributed by atoms with Gasteiger partial charge in [-0.25, -0.2) is 0 Å². The fraction of sp³-hybridized carbons (Fsp3) is 0.214. The van der Waals surface area contributed by atoms with E-state index in [1.54, 1.807) is 29.5 Å². The second-order valence-electron chi connectivity index (χ2n) is 4.15. The molecule has 2 aromatic rings. The molecule has 3 N–H and O–H groups in total. The van der Waals surface area contributed by atoms with Gasteiger partial charge in [0.1, 0.15) is 5.75 Å². The van der Waals surface area contributed by atoms with Crippen LogP contribution in [0.3, 0.4) is 0 Å². The molecular formula is C14H16N2O2S. The number of nitrogen functional groups attached to an aromatic ring is 1. The van der Waals surface area contributed by atoms with E-state index in [0.717, 1.165) is 4.88 Å². The van der Waals surface area contributed by atoms with Crippen molar-refractivity contribution in [1.29, 1.82) is 0 Å². The van der Waals surface area contributed by atoms with E-state index in [2.05, 4.69) is 5.32 Å². The fourth-order valence-corrected chi connectivity index (χ4v) is 2.53. The van der Waals surface area contributed by atoms with E-state index in [4.69, 9.17) is 10.5 Å². The van der Waals surface area contributed by atoms with E-state index in [1.165, 1.54) is 12.0 Å². The third kappa shape index (κ3) is 3.26. The van der Waals surface area contributed by atoms with Crippen LogP contribution in [0, 0.1) is 6.92 Å². The molecular weight excluding hydrogens is 260 g/mol. The number of hydrogen-bond donors (Lipinski definition) is 2. The first-order valence-electron chi connectivity index (χ1n) is 5.87. The summed E-state index contributed by atoms with van der Waals surface area (Å²) in [6.45, 7) is 2.57. The van der Waals surface area contributed by atoms with Crippen LogP contribution in [0.4, 0.5) is 5.69 Å². The van der Waals surface area contributed by atoms with Gasteiger partial charge in [-0.15, -0.1) is 11.3 Å². The number of benzene rings is 1. The number of ether oxygens (including phenoxy) is 1. The minimum Gasteiger partial charge on any atom is -0.495 e. The first-order valence-corrected chi connectivity index (χ1v) is 6.69. The second kappa shape index (κ2) is 5.75. The van der Waals surface area contributed by atoms with Gasteiger partial charge in [0.25, 0.3) is 5.91 Å². The lowest BCUT2D eigenvalue weighted by atomic mass is 10.2. The molecule has 0 bridgehead atoms. The number of thiophene rings is 1. The number of amides is 1. The lowest BCUT2D eigenvalue weighted by Crippen LogP contribution is -2.22. The molecule has 0 aliphatic carbocycles. The van der Waals surface area contributed by atoms with Gasteiger partial charge in [0.05, 0.1) is 19.3 Å². The van der Waals surface area contributed by atoms with E-state index in [9.17, 15) is 4.79 Å². The number of methoxy groups -OCH3 is 1. The molecule has 0 fully saturated rings. The van der Waals surface area contributed by atoms with Crippen LogP contribution in [-0.4, -0.2) is 13.0 Å². The van der Waals surface area contributed by atoms with Gasteiger partial charge in [-0.1, -0.05) is 0 Å². The van der Waals surface area contributed by atoms with Gasteiger partial charge in [0.2, 0.25) is 0 Å². The summed E-state index contributed by atoms with van der Waals surface area (Å²) >= 11 is 1.68. The highest BCUT2D eigenvalue weighted by Gasteiger charge is 2.09. The number of rotatable bonds is 4. The number of anilines is 1. The van der Waals surface area contributed by atoms with Crippen LogP contribution < -0.4 is 15.8 Å². The second-order valence-corrected chi connectivity index (χ2v) is 5.52. The third-order valence-corrected chi connectivity index (χ3v) is 3.72. The SMILES string of the molecule is COc1cc(C(=O)NCc2ccc(C)s2)ccc1N. The Bertz CT molecular complexity index is 593. The topological polar surface area (TPSA) is 64.3 Å². The third-order valence-electron chi connectivity index (χ3n) is 2.71. The zero-order chi connectivity index (χ0) is 13.8. The maximum Gasteiger partial charge on any atom is 0.251 e. The average molecular weight is 276 g/mol. The monoisotopic (exact) mass is 276 g/mol. The minimum atomic E-state index is -0.135. The Hall–Kier alpha value is -2.01. The summed E-state index contributed by atoms with van der Waals surface area (Å²) in [6.07, 6.45) is 0. The lowest BCUT2D eigenvalue weighted by molar-refractivity contribution is 0.0951. The lowest BCUT2D eigenvalue weighted by Gasteiger charge is -2.07. The van der Waals surface area contributed by atoms with E-state index >= 15 is 0 Å². The van der Waals surface area contributed by atoms with Crippen molar-refractivity contribution >= 4 is 22.9 Å². The standard InChI is InChI=1S/C14H16N2O2S/c1-9-3-5-11(19-9)8-16-14(17)10-4-6-12(15)13(7-10)18-2/h3-7H,8,15H2,1-2H3,(H,16,17). The smallest absolute Gasteiger partial charge is 0.251 e. The van der Waals surface area contributed by atoms with Gasteiger partial charge in [0.15, 0.2) is 0 Å². The highest BCUT2D eigenvalue weighted by molar-refractivity contribution is 7.11. The van der Waals surface area contributed by atoms with Crippen molar-refractivity contribution in [3.05, 3.63) is 45.6 Å². The van der Waals surface area contributed by atoms with Crippen molar-refractivity contribution < 1.29 is 9.53 Å². The Morgan fingerprint density at radius 3 is 2.79 bits per heavy atom. The van der Waals surface area contributed by atoms with Gasteiger partial charge in [-0.2, -0.15) is 0 Å². The summed E-state index contributed by atoms with van der Waals surface area (Å²) in [5.74, 6) is 0.379. The predicted molar refractivity (Wildman–Crippen MR) is 77.6 cm³/mol. The van der Waals surface area contributed by atoms with E-state index < -0.39 is 0 Å². The zero-order valence-corrected chi connectivity index (χ0v) is 11.7. The molecule has 2 rings (SSSR count). The summed E-state index contributed by atoms with van der Waals surface area (Å²) in [6, 6.07) is 9.06. The molecule has 0 radical (unpaired) electrons. The van der Waals surface area contributed by atoms with Crippen LogP contribution in [0.2, 0.25) is 0 Å². The van der Waals surface area contributed by atoms with Crippen LogP contribution in [0.5, 0.6) is 5.75 Å². The predicted octanol–water partition coefficient (Wildman–Crippen LogP) is 2.58. The molecule has 0 atom stereocenters. The Kier molecular flexibility index (Phi) is 4.06. The Morgan fingerprint density at radius 1 is 1.37 bits per heavy atom. The summed E-state index contributed by atoms with van der Waals surface area (Å²) in [7, 11) is 1.53. The van der Waals surface area contributed by atoms with E-state index in [1.807, 2.05) is 19.1 Å². The first-order chi connectivity index (χ1) is 9.10. The molecule has 0 spiro atoms. The summed E-state index contributed by atoms with van der Waals surface area (Å²) in [5, 5.41) is 2.87. The molecule has 1 amide bonds. The van der Waals surface area contributed by atoms with Gasteiger partial charge >= 0.3 is 0 Å². The first kappa shape index (κ1) is 13.4. The van der Waals surface area contributed by atoms with Crippen molar-refractivity contribution in [2.24, 2.45) is 0 Å². The van der Waals surface area contributed by atoms with Crippen molar-refractivity contribution in [2.75, 3.05) is 12.8 Å². The Morgan fingerprint density at radius 2 is 2.16 bits per heavy atom. The number of nitrogens with two attached hydrogens (primary N) is 1. The van der Waals surface area contributed by atoms with Crippen molar-refractivity contribution in [3.63, 3.8) is 0 Å². The minimum absolute atomic E-state index is 0.135. The van der Waals surface area contributed by atoms with Crippen LogP contribution >= 0.6 is 11.3 Å². The van der Waals surface area contributed by atoms with Crippen LogP contribution in [0.15, 0.2) is 30.3 Å². The highest BCUT2D eigenvalue weighted by Crippen LogP contribution is 2.22. The molecule has 19 heavy (non-hydrogen) atoms. The molecule has 0 saturated heterocycles. The largest absolute Gasteiger partial charge is 0.495 e. The molecule has 100 valence electrons. The molecule has 4 nitrogen and oxygen atoms in total. The van der Waals surface area contributed by atoms with Crippen LogP contribution in [0.25, 0.3) is 0 Å². The van der Waals surface area contributed by atoms with Gasteiger partial charge in [0, 0.05) is 15.3 Å². The molecule has 0 unspecified atom stereocenters. The van der Waals surface area contributed by atoms with Gasteiger partial charge in [-0.3, -0.25) is 4.79 Å². The Labute approximate surface area is 116 Å². The van der Waals surface area contributed by atoms with Crippen molar-refractivity contribution in [1.82, 2.24) is 5.32 Å². The molecule has 0 aliphatic heterocycles. The van der Waals surface area contributed by atoms with Crippen LogP contribution in [0.1, 0.15) is 20.1 Å². The average Bonchev–Trinajstić information content (AvgIpc) is 2.82. The quantitative estimate of drug-likeness (QED) is 0.844. The van der Waals surface area contributed by atoms with Gasteiger partial charge < -0.3 is 15.8 Å². The molecule has 5 heteroatoms. The molecule has 0 aliphatic rings. The van der Waals surface area contributed by atoms with E-state index in [-0.39, 0.29) is 5.91 Å². The molecule has 1 aromatic carbocycles. The maximum atomic E-state index is 12.0. The molecule has 1 aromatic heterocycles. The van der Waals surface area contributed by atoms with Crippen molar-refractivity contribution in [2.45, 2.75) is 13.5 Å². The van der Waals surface area contributed by atoms with E-state index in [0.29, 0.717) is 23.5 Å². The summed E-state index contributed by atoms with van der Waals surface area (Å²) in [5.41, 5.74) is 6.78. The fourth-order valence-electron chi connectivity index (χ4n) is 1.70. The summed E-state index contributed by atoms with van der Waals surface area (Å²) < 4.78 is 5.10. The number of hydrogen-bond acceptors (Lipinski definition) is 4. The number of aryl methyl sites for hydroxylation is 1. The number of carbonyl (C=O) groups is 1. The summed E-state index contributed by atoms with van der Waals surface area (Å²) in [4.78, 5) is 14.4. The number of nitrogens with one attached hydrogen (secondary N) is 1. The number of carbonyl (C=O) groups excluding carboxylic acids is 1. The molecule has 1 heterocycles. The molecule has 0 saturated carbocycles. The van der Waals surface area contributed by atoms with Crippen LogP contribution in [-0.2, 0) is 6.54 Å². The van der Waals surface area contributed by atoms with Crippen molar-refractivity contribution in [3.8, 4) is 5.75 Å². The highest BCUT2D eigenvalue weighted by atomic mass is 32.1. The maximum absolute atomic E-state index is 12.0. The zero-order valence-electron chi connectivity index (χ0n) is 10.9. The van der Waals surface area contributed by atoms with Gasteiger partial charge in [-0.05, 0) is 37.3 Å².